The summed E-state index contributed by atoms with van der Waals surface area (Å²) in [6, 6.07) is 0. The van der Waals surface area contributed by atoms with Gasteiger partial charge in [0.1, 0.15) is 5.56 Å². The molecule has 2 aromatic rings. The SMILES string of the molecule is Nc1c(O)c(C(=O)O)c(C(=O)O)c2c(O)c(N(F)F)c(F)c(F)c12. The number of anilines is 2. The number of halogens is 4. The van der Waals surface area contributed by atoms with E-state index < -0.39 is 73.7 Å². The average Bonchev–Trinajstić information content (AvgIpc) is 2.46. The van der Waals surface area contributed by atoms with E-state index in [2.05, 4.69) is 0 Å². The van der Waals surface area contributed by atoms with Crippen LogP contribution in [0.5, 0.6) is 11.5 Å². The highest BCUT2D eigenvalue weighted by Crippen LogP contribution is 2.48. The van der Waals surface area contributed by atoms with E-state index in [0.29, 0.717) is 0 Å². The Bertz CT molecular complexity index is 915. The van der Waals surface area contributed by atoms with Crippen molar-refractivity contribution in [2.24, 2.45) is 0 Å². The van der Waals surface area contributed by atoms with Crippen molar-refractivity contribution in [1.29, 1.82) is 0 Å². The molecule has 8 nitrogen and oxygen atoms in total. The molecule has 0 amide bonds. The molecule has 12 heteroatoms. The number of phenolic OH excluding ortho intramolecular Hbond substituents is 1. The van der Waals surface area contributed by atoms with Crippen LogP contribution in [0.2, 0.25) is 0 Å². The van der Waals surface area contributed by atoms with Crippen LogP contribution < -0.4 is 11.1 Å². The number of rotatable bonds is 3. The summed E-state index contributed by atoms with van der Waals surface area (Å²) in [7, 11) is 0. The van der Waals surface area contributed by atoms with Gasteiger partial charge in [-0.15, -0.1) is 0 Å². The molecule has 0 saturated heterocycles. The van der Waals surface area contributed by atoms with E-state index in [9.17, 15) is 37.5 Å². The number of aromatic hydroxyl groups is 2. The minimum Gasteiger partial charge on any atom is -0.505 e. The van der Waals surface area contributed by atoms with Crippen LogP contribution in [0.4, 0.5) is 29.1 Å². The standard InChI is InChI=1S/C12H6F4N2O6/c13-5-3-1(10(20)8(6(5)14)18(15)16)2(11(21)22)4(12(23)24)9(19)7(3)17/h19-20H,17H2,(H,21,22)(H,23,24). The number of aromatic carboxylic acids is 2. The maximum Gasteiger partial charge on any atom is 0.340 e. The molecule has 24 heavy (non-hydrogen) atoms. The van der Waals surface area contributed by atoms with Crippen molar-refractivity contribution in [2.45, 2.75) is 0 Å². The van der Waals surface area contributed by atoms with Gasteiger partial charge in [0.05, 0.1) is 16.6 Å². The molecule has 0 radical (unpaired) electrons. The van der Waals surface area contributed by atoms with Crippen LogP contribution in [0.3, 0.4) is 0 Å². The second kappa shape index (κ2) is 5.33. The van der Waals surface area contributed by atoms with Gasteiger partial charge >= 0.3 is 11.9 Å². The fourth-order valence-corrected chi connectivity index (χ4v) is 2.23. The highest BCUT2D eigenvalue weighted by Gasteiger charge is 2.34. The minimum absolute atomic E-state index is 1.14. The van der Waals surface area contributed by atoms with Crippen molar-refractivity contribution in [1.82, 2.24) is 0 Å². The number of carbonyl (C=O) groups is 2. The third-order valence-electron chi connectivity index (χ3n) is 3.19. The molecule has 0 heterocycles. The smallest absolute Gasteiger partial charge is 0.340 e. The van der Waals surface area contributed by atoms with Crippen LogP contribution in [0.25, 0.3) is 10.8 Å². The molecule has 0 aromatic heterocycles. The molecule has 2 rings (SSSR count). The topological polar surface area (TPSA) is 144 Å². The summed E-state index contributed by atoms with van der Waals surface area (Å²) < 4.78 is 53.1. The Labute approximate surface area is 128 Å². The number of carboxylic acids is 2. The second-order valence-electron chi connectivity index (χ2n) is 4.43. The van der Waals surface area contributed by atoms with Crippen LogP contribution in [-0.2, 0) is 0 Å². The lowest BCUT2D eigenvalue weighted by molar-refractivity contribution is 0.0650. The molecule has 6 N–H and O–H groups in total. The van der Waals surface area contributed by atoms with Crippen LogP contribution >= 0.6 is 0 Å². The third kappa shape index (κ3) is 2.07. The van der Waals surface area contributed by atoms with E-state index in [0.717, 1.165) is 0 Å². The summed E-state index contributed by atoms with van der Waals surface area (Å²) in [4.78, 5) is 22.4. The zero-order valence-electron chi connectivity index (χ0n) is 11.1. The van der Waals surface area contributed by atoms with Crippen LogP contribution in [0, 0.1) is 11.6 Å². The molecule has 0 aliphatic heterocycles. The Hall–Kier alpha value is -3.44. The summed E-state index contributed by atoms with van der Waals surface area (Å²) in [5, 5.41) is 32.9. The zero-order chi connectivity index (χ0) is 18.5. The van der Waals surface area contributed by atoms with E-state index in [1.54, 1.807) is 0 Å². The van der Waals surface area contributed by atoms with E-state index in [-0.39, 0.29) is 0 Å². The lowest BCUT2D eigenvalue weighted by Crippen LogP contribution is -2.13. The van der Waals surface area contributed by atoms with E-state index in [1.165, 1.54) is 0 Å². The summed E-state index contributed by atoms with van der Waals surface area (Å²) in [6.45, 7) is 0. The van der Waals surface area contributed by atoms with Crippen molar-refractivity contribution in [3.63, 3.8) is 0 Å². The number of nitrogens with zero attached hydrogens (tertiary/aromatic N) is 1. The van der Waals surface area contributed by atoms with Gasteiger partial charge in [-0.25, -0.2) is 18.4 Å². The molecule has 2 aromatic carbocycles. The highest BCUT2D eigenvalue weighted by atomic mass is 19.4. The Kier molecular flexibility index (Phi) is 3.76. The lowest BCUT2D eigenvalue weighted by Gasteiger charge is -2.17. The van der Waals surface area contributed by atoms with Gasteiger partial charge in [-0.2, -0.15) is 0 Å². The maximum absolute atomic E-state index is 14.0. The van der Waals surface area contributed by atoms with Crippen LogP contribution in [0.15, 0.2) is 0 Å². The Morgan fingerprint density at radius 3 is 1.79 bits per heavy atom. The molecule has 0 bridgehead atoms. The van der Waals surface area contributed by atoms with Crippen molar-refractivity contribution in [3.05, 3.63) is 22.8 Å². The number of carboxylic acid groups (broad SMARTS) is 2. The molecule has 0 saturated carbocycles. The number of nitrogen functional groups attached to an aromatic ring is 1. The van der Waals surface area contributed by atoms with Gasteiger partial charge in [-0.3, -0.25) is 0 Å². The van der Waals surface area contributed by atoms with E-state index in [4.69, 9.17) is 15.9 Å². The fraction of sp³-hybridized carbons (Fsp3) is 0. The predicted octanol–water partition coefficient (Wildman–Crippen LogP) is 2.08. The van der Waals surface area contributed by atoms with Crippen molar-refractivity contribution in [2.75, 3.05) is 11.1 Å². The Morgan fingerprint density at radius 2 is 1.38 bits per heavy atom. The molecular weight excluding hydrogens is 344 g/mol. The first kappa shape index (κ1) is 16.9. The maximum atomic E-state index is 14.0. The average molecular weight is 350 g/mol. The molecule has 128 valence electrons. The van der Waals surface area contributed by atoms with Crippen LogP contribution in [0.1, 0.15) is 20.7 Å². The quantitative estimate of drug-likeness (QED) is 0.245. The third-order valence-corrected chi connectivity index (χ3v) is 3.19. The number of nitrogens with two attached hydrogens (primary N) is 1. The van der Waals surface area contributed by atoms with E-state index in [1.807, 2.05) is 0 Å². The summed E-state index contributed by atoms with van der Waals surface area (Å²) in [5.74, 6) is -11.7. The first-order chi connectivity index (χ1) is 11.0. The summed E-state index contributed by atoms with van der Waals surface area (Å²) in [5.41, 5.74) is -0.728. The van der Waals surface area contributed by atoms with Gasteiger partial charge in [-0.05, 0) is 5.34 Å². The second-order valence-corrected chi connectivity index (χ2v) is 4.43. The first-order valence-corrected chi connectivity index (χ1v) is 5.78. The number of hydrogen-bond acceptors (Lipinski definition) is 6. The highest BCUT2D eigenvalue weighted by molar-refractivity contribution is 6.19. The normalized spacial score (nSPS) is 10.8. The van der Waals surface area contributed by atoms with Gasteiger partial charge in [0.25, 0.3) is 0 Å². The lowest BCUT2D eigenvalue weighted by atomic mass is 9.94. The van der Waals surface area contributed by atoms with Gasteiger partial charge in [0.2, 0.25) is 0 Å². The molecule has 0 aliphatic rings. The largest absolute Gasteiger partial charge is 0.505 e. The van der Waals surface area contributed by atoms with Crippen LogP contribution in [-0.4, -0.2) is 32.4 Å². The monoisotopic (exact) mass is 350 g/mol. The van der Waals surface area contributed by atoms with Crippen molar-refractivity contribution >= 4 is 34.1 Å². The molecule has 0 spiro atoms. The number of hydrogen-bond donors (Lipinski definition) is 5. The number of phenols is 2. The van der Waals surface area contributed by atoms with E-state index >= 15 is 0 Å². The molecular formula is C12H6F4N2O6. The molecule has 0 atom stereocenters. The predicted molar refractivity (Wildman–Crippen MR) is 70.2 cm³/mol. The molecule has 0 fully saturated rings. The number of fused-ring (bicyclic) bond motifs is 1. The van der Waals surface area contributed by atoms with Gasteiger partial charge in [0, 0.05) is 5.39 Å². The first-order valence-electron chi connectivity index (χ1n) is 5.78. The fourth-order valence-electron chi connectivity index (χ4n) is 2.23. The summed E-state index contributed by atoms with van der Waals surface area (Å²) in [6.07, 6.45) is 0. The van der Waals surface area contributed by atoms with Gasteiger partial charge in [0.15, 0.2) is 28.8 Å². The Morgan fingerprint density at radius 1 is 0.875 bits per heavy atom. The van der Waals surface area contributed by atoms with Gasteiger partial charge < -0.3 is 26.2 Å². The van der Waals surface area contributed by atoms with Crippen molar-refractivity contribution in [3.8, 4) is 11.5 Å². The molecule has 0 aliphatic carbocycles. The Balaban J connectivity index is 3.31. The molecule has 0 unspecified atom stereocenters. The summed E-state index contributed by atoms with van der Waals surface area (Å²) >= 11 is 0. The number of benzene rings is 2. The minimum atomic E-state index is -2.28. The van der Waals surface area contributed by atoms with Crippen molar-refractivity contribution < 1.29 is 47.8 Å². The van der Waals surface area contributed by atoms with Gasteiger partial charge in [-0.1, -0.05) is 8.96 Å². The zero-order valence-corrected chi connectivity index (χ0v) is 11.1.